The summed E-state index contributed by atoms with van der Waals surface area (Å²) in [6, 6.07) is 8.08. The number of rotatable bonds is 4. The molecule has 0 spiro atoms. The third-order valence-electron chi connectivity index (χ3n) is 2.97. The van der Waals surface area contributed by atoms with E-state index in [2.05, 4.69) is 0 Å². The van der Waals surface area contributed by atoms with Gasteiger partial charge in [-0.25, -0.2) is 0 Å². The van der Waals surface area contributed by atoms with Gasteiger partial charge in [0.2, 0.25) is 0 Å². The van der Waals surface area contributed by atoms with Crippen LogP contribution >= 0.6 is 0 Å². The van der Waals surface area contributed by atoms with Gasteiger partial charge in [0.1, 0.15) is 5.75 Å². The lowest BCUT2D eigenvalue weighted by Crippen LogP contribution is -2.06. The molecule has 7 nitrogen and oxygen atoms in total. The number of hydrogen-bond donors (Lipinski definition) is 2. The van der Waals surface area contributed by atoms with Crippen molar-refractivity contribution in [2.75, 3.05) is 12.8 Å². The van der Waals surface area contributed by atoms with Crippen LogP contribution in [0.4, 0.5) is 11.4 Å². The number of benzene rings is 2. The maximum absolute atomic E-state index is 12.4. The van der Waals surface area contributed by atoms with E-state index in [1.807, 2.05) is 0 Å². The van der Waals surface area contributed by atoms with Gasteiger partial charge in [-0.1, -0.05) is 6.07 Å². The Balaban J connectivity index is 2.49. The van der Waals surface area contributed by atoms with Crippen molar-refractivity contribution >= 4 is 17.2 Å². The van der Waals surface area contributed by atoms with Crippen LogP contribution in [0.5, 0.6) is 11.5 Å². The molecule has 2 aromatic carbocycles. The summed E-state index contributed by atoms with van der Waals surface area (Å²) >= 11 is 0. The number of methoxy groups -OCH3 is 1. The van der Waals surface area contributed by atoms with Gasteiger partial charge in [0.15, 0.2) is 11.5 Å². The van der Waals surface area contributed by atoms with Gasteiger partial charge in [-0.2, -0.15) is 0 Å². The standard InChI is InChI=1S/C14H12N2O5/c1-21-12-7-8(5-6-10(12)16(19)20)14(18)9-3-2-4-11(17)13(9)15/h2-7,17H,15H2,1H3. The molecule has 21 heavy (non-hydrogen) atoms. The molecule has 0 aromatic heterocycles. The minimum Gasteiger partial charge on any atom is -0.506 e. The summed E-state index contributed by atoms with van der Waals surface area (Å²) in [6.45, 7) is 0. The van der Waals surface area contributed by atoms with E-state index in [-0.39, 0.29) is 34.0 Å². The maximum Gasteiger partial charge on any atom is 0.310 e. The number of aromatic hydroxyl groups is 1. The highest BCUT2D eigenvalue weighted by Gasteiger charge is 2.20. The number of nitro groups is 1. The molecule has 0 aliphatic heterocycles. The summed E-state index contributed by atoms with van der Waals surface area (Å²) in [5.41, 5.74) is 5.67. The lowest BCUT2D eigenvalue weighted by atomic mass is 10.0. The van der Waals surface area contributed by atoms with Gasteiger partial charge in [-0.3, -0.25) is 14.9 Å². The fourth-order valence-electron chi connectivity index (χ4n) is 1.88. The van der Waals surface area contributed by atoms with Gasteiger partial charge in [0.05, 0.1) is 17.7 Å². The van der Waals surface area contributed by atoms with Crippen LogP contribution in [0, 0.1) is 10.1 Å². The average Bonchev–Trinajstić information content (AvgIpc) is 2.48. The third kappa shape index (κ3) is 2.62. The minimum absolute atomic E-state index is 0.0235. The Morgan fingerprint density at radius 1 is 1.33 bits per heavy atom. The van der Waals surface area contributed by atoms with Crippen molar-refractivity contribution in [2.24, 2.45) is 0 Å². The predicted molar refractivity (Wildman–Crippen MR) is 75.6 cm³/mol. The smallest absolute Gasteiger partial charge is 0.310 e. The molecule has 0 aliphatic rings. The number of ketones is 1. The average molecular weight is 288 g/mol. The number of carbonyl (C=O) groups is 1. The number of para-hydroxylation sites is 1. The first kappa shape index (κ1) is 14.3. The highest BCUT2D eigenvalue weighted by atomic mass is 16.6. The number of ether oxygens (including phenoxy) is 1. The summed E-state index contributed by atoms with van der Waals surface area (Å²) in [5, 5.41) is 20.3. The Bertz CT molecular complexity index is 727. The van der Waals surface area contributed by atoms with E-state index in [9.17, 15) is 20.0 Å². The first-order chi connectivity index (χ1) is 9.95. The van der Waals surface area contributed by atoms with E-state index in [4.69, 9.17) is 10.5 Å². The summed E-state index contributed by atoms with van der Waals surface area (Å²) in [7, 11) is 1.28. The van der Waals surface area contributed by atoms with Crippen molar-refractivity contribution in [1.82, 2.24) is 0 Å². The highest BCUT2D eigenvalue weighted by molar-refractivity contribution is 6.13. The molecule has 2 rings (SSSR count). The van der Waals surface area contributed by atoms with Crippen molar-refractivity contribution in [3.05, 3.63) is 57.6 Å². The lowest BCUT2D eigenvalue weighted by molar-refractivity contribution is -0.385. The third-order valence-corrected chi connectivity index (χ3v) is 2.97. The highest BCUT2D eigenvalue weighted by Crippen LogP contribution is 2.30. The molecule has 108 valence electrons. The van der Waals surface area contributed by atoms with E-state index in [0.29, 0.717) is 0 Å². The van der Waals surface area contributed by atoms with Gasteiger partial charge < -0.3 is 15.6 Å². The number of nitrogens with zero attached hydrogens (tertiary/aromatic N) is 1. The number of carbonyl (C=O) groups excluding carboxylic acids is 1. The Labute approximate surface area is 119 Å². The van der Waals surface area contributed by atoms with E-state index in [0.717, 1.165) is 0 Å². The molecular weight excluding hydrogens is 276 g/mol. The van der Waals surface area contributed by atoms with Crippen LogP contribution in [0.1, 0.15) is 15.9 Å². The molecular formula is C14H12N2O5. The molecule has 3 N–H and O–H groups in total. The van der Waals surface area contributed by atoms with Crippen LogP contribution in [-0.2, 0) is 0 Å². The zero-order valence-electron chi connectivity index (χ0n) is 11.1. The summed E-state index contributed by atoms with van der Waals surface area (Å²) < 4.78 is 4.91. The number of phenolic OH excluding ortho intramolecular Hbond substituents is 1. The molecule has 0 amide bonds. The fourth-order valence-corrected chi connectivity index (χ4v) is 1.88. The number of hydrogen-bond acceptors (Lipinski definition) is 6. The van der Waals surface area contributed by atoms with Crippen LogP contribution in [0.3, 0.4) is 0 Å². The molecule has 0 saturated carbocycles. The van der Waals surface area contributed by atoms with Crippen LogP contribution in [0.15, 0.2) is 36.4 Å². The van der Waals surface area contributed by atoms with Crippen LogP contribution in [-0.4, -0.2) is 22.9 Å². The maximum atomic E-state index is 12.4. The Kier molecular flexibility index (Phi) is 3.75. The van der Waals surface area contributed by atoms with Crippen LogP contribution in [0.25, 0.3) is 0 Å². The molecule has 0 heterocycles. The van der Waals surface area contributed by atoms with Crippen LogP contribution in [0.2, 0.25) is 0 Å². The Morgan fingerprint density at radius 2 is 2.05 bits per heavy atom. The zero-order valence-corrected chi connectivity index (χ0v) is 11.1. The first-order valence-corrected chi connectivity index (χ1v) is 5.90. The van der Waals surface area contributed by atoms with E-state index < -0.39 is 10.7 Å². The second kappa shape index (κ2) is 5.49. The second-order valence-electron chi connectivity index (χ2n) is 4.21. The molecule has 0 unspecified atom stereocenters. The van der Waals surface area contributed by atoms with E-state index >= 15 is 0 Å². The number of nitrogen functional groups attached to an aromatic ring is 1. The largest absolute Gasteiger partial charge is 0.506 e. The van der Waals surface area contributed by atoms with Crippen LogP contribution < -0.4 is 10.5 Å². The van der Waals surface area contributed by atoms with E-state index in [1.165, 1.54) is 43.5 Å². The van der Waals surface area contributed by atoms with Crippen molar-refractivity contribution in [1.29, 1.82) is 0 Å². The van der Waals surface area contributed by atoms with Crippen molar-refractivity contribution in [2.45, 2.75) is 0 Å². The monoisotopic (exact) mass is 288 g/mol. The molecule has 0 fully saturated rings. The fraction of sp³-hybridized carbons (Fsp3) is 0.0714. The molecule has 0 saturated heterocycles. The molecule has 2 aromatic rings. The summed E-state index contributed by atoms with van der Waals surface area (Å²) in [4.78, 5) is 22.6. The summed E-state index contributed by atoms with van der Waals surface area (Å²) in [5.74, 6) is -0.684. The van der Waals surface area contributed by atoms with Crippen molar-refractivity contribution in [3.63, 3.8) is 0 Å². The molecule has 7 heteroatoms. The molecule has 0 atom stereocenters. The van der Waals surface area contributed by atoms with Gasteiger partial charge in [-0.05, 0) is 24.3 Å². The first-order valence-electron chi connectivity index (χ1n) is 5.90. The van der Waals surface area contributed by atoms with Crippen molar-refractivity contribution < 1.29 is 19.6 Å². The van der Waals surface area contributed by atoms with Gasteiger partial charge in [0.25, 0.3) is 0 Å². The van der Waals surface area contributed by atoms with Gasteiger partial charge in [0, 0.05) is 17.2 Å². The molecule has 0 radical (unpaired) electrons. The predicted octanol–water partition coefficient (Wildman–Crippen LogP) is 2.12. The topological polar surface area (TPSA) is 116 Å². The SMILES string of the molecule is COc1cc(C(=O)c2cccc(O)c2N)ccc1[N+](=O)[O-]. The number of nitrogens with two attached hydrogens (primary N) is 1. The Hall–Kier alpha value is -3.09. The number of anilines is 1. The number of nitro benzene ring substituents is 1. The normalized spacial score (nSPS) is 10.1. The van der Waals surface area contributed by atoms with Gasteiger partial charge >= 0.3 is 5.69 Å². The zero-order chi connectivity index (χ0) is 15.6. The molecule has 0 aliphatic carbocycles. The minimum atomic E-state index is -0.601. The molecule has 0 bridgehead atoms. The Morgan fingerprint density at radius 3 is 2.67 bits per heavy atom. The quantitative estimate of drug-likeness (QED) is 0.293. The van der Waals surface area contributed by atoms with Crippen molar-refractivity contribution in [3.8, 4) is 11.5 Å². The summed E-state index contributed by atoms with van der Waals surface area (Å²) in [6.07, 6.45) is 0. The lowest BCUT2D eigenvalue weighted by Gasteiger charge is -2.08. The van der Waals surface area contributed by atoms with E-state index in [1.54, 1.807) is 0 Å². The van der Waals surface area contributed by atoms with Gasteiger partial charge in [-0.15, -0.1) is 0 Å². The second-order valence-corrected chi connectivity index (χ2v) is 4.21. The number of phenols is 1.